The Morgan fingerprint density at radius 1 is 1.12 bits per heavy atom. The summed E-state index contributed by atoms with van der Waals surface area (Å²) in [6.07, 6.45) is 1.56. The summed E-state index contributed by atoms with van der Waals surface area (Å²) in [5.74, 6) is -2.57. The Balaban J connectivity index is 2.44. The fourth-order valence-corrected chi connectivity index (χ4v) is 1.55. The van der Waals surface area contributed by atoms with Crippen LogP contribution in [-0.2, 0) is 0 Å². The maximum absolute atomic E-state index is 13.1. The maximum atomic E-state index is 13.1. The standard InChI is InChI=1S/C13H8F2N2/c14-11-5-4-9(7-12(11)15)10(8-16)13-3-1-2-6-17-13/h1-7,10H/t10-/m0/s1. The number of rotatable bonds is 2. The molecule has 1 aromatic heterocycles. The van der Waals surface area contributed by atoms with E-state index < -0.39 is 17.6 Å². The summed E-state index contributed by atoms with van der Waals surface area (Å²) in [6.45, 7) is 0. The average Bonchev–Trinajstić information content (AvgIpc) is 2.36. The Morgan fingerprint density at radius 3 is 2.53 bits per heavy atom. The number of nitrogens with zero attached hydrogens (tertiary/aromatic N) is 2. The van der Waals surface area contributed by atoms with Crippen molar-refractivity contribution in [2.45, 2.75) is 5.92 Å². The molecule has 0 radical (unpaired) electrons. The van der Waals surface area contributed by atoms with Crippen LogP contribution in [0.15, 0.2) is 42.6 Å². The SMILES string of the molecule is N#C[C@@H](c1ccc(F)c(F)c1)c1ccccn1. The lowest BCUT2D eigenvalue weighted by Crippen LogP contribution is -2.01. The van der Waals surface area contributed by atoms with Gasteiger partial charge in [-0.25, -0.2) is 8.78 Å². The molecule has 0 aliphatic rings. The van der Waals surface area contributed by atoms with Crippen molar-refractivity contribution in [3.05, 3.63) is 65.5 Å². The van der Waals surface area contributed by atoms with Gasteiger partial charge in [-0.1, -0.05) is 12.1 Å². The lowest BCUT2D eigenvalue weighted by atomic mass is 9.96. The monoisotopic (exact) mass is 230 g/mol. The van der Waals surface area contributed by atoms with E-state index in [4.69, 9.17) is 5.26 Å². The van der Waals surface area contributed by atoms with Gasteiger partial charge in [-0.2, -0.15) is 5.26 Å². The number of hydrogen-bond donors (Lipinski definition) is 0. The number of aromatic nitrogens is 1. The topological polar surface area (TPSA) is 36.7 Å². The van der Waals surface area contributed by atoms with E-state index in [0.717, 1.165) is 12.1 Å². The highest BCUT2D eigenvalue weighted by Crippen LogP contribution is 2.23. The summed E-state index contributed by atoms with van der Waals surface area (Å²) in [5.41, 5.74) is 0.908. The molecule has 1 atom stereocenters. The third-order valence-electron chi connectivity index (χ3n) is 2.39. The number of halogens is 2. The molecule has 0 aliphatic carbocycles. The molecule has 2 aromatic rings. The van der Waals surface area contributed by atoms with E-state index in [1.165, 1.54) is 6.07 Å². The van der Waals surface area contributed by atoms with Gasteiger partial charge in [0.25, 0.3) is 0 Å². The molecule has 4 heteroatoms. The smallest absolute Gasteiger partial charge is 0.159 e. The van der Waals surface area contributed by atoms with Crippen LogP contribution in [0.2, 0.25) is 0 Å². The lowest BCUT2D eigenvalue weighted by Gasteiger charge is -2.08. The maximum Gasteiger partial charge on any atom is 0.159 e. The zero-order chi connectivity index (χ0) is 12.3. The zero-order valence-corrected chi connectivity index (χ0v) is 8.77. The van der Waals surface area contributed by atoms with Crippen LogP contribution in [0.4, 0.5) is 8.78 Å². The highest BCUT2D eigenvalue weighted by Gasteiger charge is 2.16. The highest BCUT2D eigenvalue weighted by atomic mass is 19.2. The predicted octanol–water partition coefficient (Wildman–Crippen LogP) is 3.02. The van der Waals surface area contributed by atoms with E-state index in [2.05, 4.69) is 4.98 Å². The number of benzene rings is 1. The van der Waals surface area contributed by atoms with E-state index in [1.54, 1.807) is 24.4 Å². The largest absolute Gasteiger partial charge is 0.260 e. The van der Waals surface area contributed by atoms with E-state index in [0.29, 0.717) is 11.3 Å². The molecular formula is C13H8F2N2. The minimum Gasteiger partial charge on any atom is -0.260 e. The van der Waals surface area contributed by atoms with Crippen LogP contribution in [0.1, 0.15) is 17.2 Å². The van der Waals surface area contributed by atoms with Gasteiger partial charge in [-0.3, -0.25) is 4.98 Å². The van der Waals surface area contributed by atoms with Crippen molar-refractivity contribution in [2.75, 3.05) is 0 Å². The first-order chi connectivity index (χ1) is 8.22. The molecule has 0 saturated carbocycles. The molecular weight excluding hydrogens is 222 g/mol. The molecule has 1 aromatic carbocycles. The van der Waals surface area contributed by atoms with Crippen molar-refractivity contribution in [2.24, 2.45) is 0 Å². The Kier molecular flexibility index (Phi) is 3.10. The van der Waals surface area contributed by atoms with Gasteiger partial charge in [0.05, 0.1) is 11.8 Å². The molecule has 2 nitrogen and oxygen atoms in total. The first-order valence-corrected chi connectivity index (χ1v) is 4.98. The Bertz CT molecular complexity index is 561. The Labute approximate surface area is 97.2 Å². The van der Waals surface area contributed by atoms with Crippen LogP contribution in [0.3, 0.4) is 0 Å². The second-order valence-electron chi connectivity index (χ2n) is 3.49. The van der Waals surface area contributed by atoms with Crippen molar-refractivity contribution in [1.29, 1.82) is 5.26 Å². The second-order valence-corrected chi connectivity index (χ2v) is 3.49. The number of nitriles is 1. The third-order valence-corrected chi connectivity index (χ3v) is 2.39. The van der Waals surface area contributed by atoms with Gasteiger partial charge in [-0.15, -0.1) is 0 Å². The van der Waals surface area contributed by atoms with Crippen molar-refractivity contribution < 1.29 is 8.78 Å². The Hall–Kier alpha value is -2.28. The van der Waals surface area contributed by atoms with E-state index >= 15 is 0 Å². The number of pyridine rings is 1. The highest BCUT2D eigenvalue weighted by molar-refractivity contribution is 5.34. The van der Waals surface area contributed by atoms with Crippen molar-refractivity contribution >= 4 is 0 Å². The predicted molar refractivity (Wildman–Crippen MR) is 58.1 cm³/mol. The fourth-order valence-electron chi connectivity index (χ4n) is 1.55. The molecule has 84 valence electrons. The van der Waals surface area contributed by atoms with Crippen molar-refractivity contribution in [1.82, 2.24) is 4.98 Å². The molecule has 2 rings (SSSR count). The lowest BCUT2D eigenvalue weighted by molar-refractivity contribution is 0.507. The summed E-state index contributed by atoms with van der Waals surface area (Å²) in [7, 11) is 0. The molecule has 0 saturated heterocycles. The van der Waals surface area contributed by atoms with Gasteiger partial charge >= 0.3 is 0 Å². The minimum atomic E-state index is -0.960. The van der Waals surface area contributed by atoms with Crippen molar-refractivity contribution in [3.8, 4) is 6.07 Å². The van der Waals surface area contributed by atoms with Crippen LogP contribution in [0.5, 0.6) is 0 Å². The molecule has 17 heavy (non-hydrogen) atoms. The van der Waals surface area contributed by atoms with Gasteiger partial charge < -0.3 is 0 Å². The number of hydrogen-bond acceptors (Lipinski definition) is 2. The van der Waals surface area contributed by atoms with Gasteiger partial charge in [0.2, 0.25) is 0 Å². The van der Waals surface area contributed by atoms with E-state index in [1.807, 2.05) is 6.07 Å². The molecule has 0 fully saturated rings. The molecule has 0 aliphatic heterocycles. The molecule has 0 amide bonds. The van der Waals surface area contributed by atoms with Crippen molar-refractivity contribution in [3.63, 3.8) is 0 Å². The van der Waals surface area contributed by atoms with Crippen LogP contribution in [0.25, 0.3) is 0 Å². The zero-order valence-electron chi connectivity index (χ0n) is 8.77. The summed E-state index contributed by atoms with van der Waals surface area (Å²) >= 11 is 0. The van der Waals surface area contributed by atoms with Crippen LogP contribution >= 0.6 is 0 Å². The Morgan fingerprint density at radius 2 is 1.94 bits per heavy atom. The summed E-state index contributed by atoms with van der Waals surface area (Å²) in [5, 5.41) is 9.09. The third kappa shape index (κ3) is 2.28. The first kappa shape index (κ1) is 11.2. The molecule has 0 spiro atoms. The van der Waals surface area contributed by atoms with Gasteiger partial charge in [0.15, 0.2) is 11.6 Å². The fraction of sp³-hybridized carbons (Fsp3) is 0.0769. The summed E-state index contributed by atoms with van der Waals surface area (Å²) in [6, 6.07) is 10.6. The second kappa shape index (κ2) is 4.71. The normalized spacial score (nSPS) is 11.8. The average molecular weight is 230 g/mol. The summed E-state index contributed by atoms with van der Waals surface area (Å²) in [4.78, 5) is 4.04. The summed E-state index contributed by atoms with van der Waals surface area (Å²) < 4.78 is 25.9. The molecule has 0 unspecified atom stereocenters. The first-order valence-electron chi connectivity index (χ1n) is 4.98. The van der Waals surface area contributed by atoms with Gasteiger partial charge in [-0.05, 0) is 29.8 Å². The van der Waals surface area contributed by atoms with Crippen LogP contribution in [0, 0.1) is 23.0 Å². The quantitative estimate of drug-likeness (QED) is 0.795. The molecule has 0 bridgehead atoms. The minimum absolute atomic E-state index is 0.394. The molecule has 0 N–H and O–H groups in total. The van der Waals surface area contributed by atoms with E-state index in [-0.39, 0.29) is 0 Å². The van der Waals surface area contributed by atoms with E-state index in [9.17, 15) is 8.78 Å². The van der Waals surface area contributed by atoms with Crippen LogP contribution < -0.4 is 0 Å². The van der Waals surface area contributed by atoms with Gasteiger partial charge in [0.1, 0.15) is 5.92 Å². The van der Waals surface area contributed by atoms with Gasteiger partial charge in [0, 0.05) is 6.20 Å². The van der Waals surface area contributed by atoms with Crippen LogP contribution in [-0.4, -0.2) is 4.98 Å². The molecule has 1 heterocycles.